The van der Waals surface area contributed by atoms with E-state index in [-0.39, 0.29) is 5.56 Å². The lowest BCUT2D eigenvalue weighted by molar-refractivity contribution is -0.189. The number of aromatic amines is 1. The van der Waals surface area contributed by atoms with Crippen molar-refractivity contribution in [1.82, 2.24) is 4.98 Å². The molecule has 2 aromatic rings. The molecule has 0 spiro atoms. The zero-order valence-electron chi connectivity index (χ0n) is 11.6. The number of H-pyrrole nitrogens is 1. The van der Waals surface area contributed by atoms with E-state index < -0.39 is 34.2 Å². The van der Waals surface area contributed by atoms with Gasteiger partial charge in [-0.05, 0) is 22.0 Å². The van der Waals surface area contributed by atoms with E-state index in [1.807, 2.05) is 0 Å². The van der Waals surface area contributed by atoms with Crippen LogP contribution in [0.2, 0.25) is 0 Å². The molecule has 0 bridgehead atoms. The number of alkyl halides is 2. The summed E-state index contributed by atoms with van der Waals surface area (Å²) < 4.78 is 2.72. The molecule has 2 heterocycles. The van der Waals surface area contributed by atoms with Crippen molar-refractivity contribution in [2.45, 2.75) is 27.6 Å². The number of aliphatic hydroxyl groups excluding tert-OH is 3. The average molecular weight is 409 g/mol. The van der Waals surface area contributed by atoms with Crippen LogP contribution in [0, 0.1) is 0 Å². The molecule has 6 N–H and O–H groups in total. The fraction of sp³-hybridized carbons (Fsp3) is 0.429. The first kappa shape index (κ1) is 17.1. The Balaban J connectivity index is 2.27. The monoisotopic (exact) mass is 407 g/mol. The number of ether oxygens (including phenoxy) is 1. The van der Waals surface area contributed by atoms with Crippen LogP contribution in [-0.2, 0) is 10.3 Å². The Morgan fingerprint density at radius 3 is 2.65 bits per heavy atom. The molecule has 1 saturated heterocycles. The highest BCUT2D eigenvalue weighted by Gasteiger charge is 2.73. The maximum absolute atomic E-state index is 11.2. The molecule has 7 nitrogen and oxygen atoms in total. The van der Waals surface area contributed by atoms with Crippen LogP contribution < -0.4 is 0 Å². The molecule has 5 atom stereocenters. The van der Waals surface area contributed by atoms with Crippen molar-refractivity contribution in [3.05, 3.63) is 36.0 Å². The topological polar surface area (TPSA) is 126 Å². The van der Waals surface area contributed by atoms with Gasteiger partial charge in [-0.15, -0.1) is 0 Å². The van der Waals surface area contributed by atoms with Gasteiger partial charge in [-0.2, -0.15) is 0 Å². The average Bonchev–Trinajstić information content (AvgIpc) is 3.03. The van der Waals surface area contributed by atoms with Gasteiger partial charge in [0.2, 0.25) is 5.06 Å². The second-order valence-corrected chi connectivity index (χ2v) is 7.32. The van der Waals surface area contributed by atoms with Gasteiger partial charge in [-0.3, -0.25) is 0 Å². The van der Waals surface area contributed by atoms with Crippen molar-refractivity contribution in [3.8, 4) is 0 Å². The van der Waals surface area contributed by atoms with E-state index in [0.29, 0.717) is 10.9 Å². The van der Waals surface area contributed by atoms with E-state index in [1.54, 1.807) is 24.3 Å². The Morgan fingerprint density at radius 2 is 2.00 bits per heavy atom. The van der Waals surface area contributed by atoms with Crippen LogP contribution in [0.1, 0.15) is 5.56 Å². The highest BCUT2D eigenvalue weighted by molar-refractivity contribution is 9.10. The predicted octanol–water partition coefficient (Wildman–Crippen LogP) is 0.0759. The van der Waals surface area contributed by atoms with Crippen molar-refractivity contribution in [2.24, 2.45) is 0 Å². The Bertz CT molecular complexity index is 739. The molecule has 0 radical (unpaired) electrons. The van der Waals surface area contributed by atoms with Gasteiger partial charge in [0.05, 0.1) is 6.61 Å². The number of hydrogen-bond acceptors (Lipinski definition) is 6. The summed E-state index contributed by atoms with van der Waals surface area (Å²) in [5.41, 5.74) is -1.67. The maximum Gasteiger partial charge on any atom is 0.220 e. The lowest BCUT2D eigenvalue weighted by Crippen LogP contribution is -2.62. The fourth-order valence-corrected chi connectivity index (χ4v) is 3.68. The zero-order valence-corrected chi connectivity index (χ0v) is 14.0. The summed E-state index contributed by atoms with van der Waals surface area (Å²) in [6.07, 6.45) is -2.34. The number of halogens is 2. The van der Waals surface area contributed by atoms with Crippen molar-refractivity contribution < 1.29 is 30.3 Å². The molecule has 9 heteroatoms. The maximum atomic E-state index is 11.2. The molecule has 23 heavy (non-hydrogen) atoms. The van der Waals surface area contributed by atoms with Gasteiger partial charge in [0.1, 0.15) is 6.10 Å². The van der Waals surface area contributed by atoms with E-state index in [2.05, 4.69) is 20.9 Å². The van der Waals surface area contributed by atoms with Gasteiger partial charge >= 0.3 is 0 Å². The fourth-order valence-electron chi connectivity index (χ4n) is 2.92. The lowest BCUT2D eigenvalue weighted by Gasteiger charge is -2.43. The minimum atomic E-state index is -2.46. The van der Waals surface area contributed by atoms with Crippen LogP contribution in [0.15, 0.2) is 30.5 Å². The normalized spacial score (nSPS) is 37.2. The Labute approximate surface area is 144 Å². The summed E-state index contributed by atoms with van der Waals surface area (Å²) in [5.74, 6) is 0. The smallest absolute Gasteiger partial charge is 0.220 e. The molecule has 0 amide bonds. The summed E-state index contributed by atoms with van der Waals surface area (Å²) in [5, 5.41) is 49.1. The van der Waals surface area contributed by atoms with E-state index in [0.717, 1.165) is 0 Å². The Kier molecular flexibility index (Phi) is 4.02. The standard InChI is InChI=1S/C14H15BrClNO6/c15-12(21,6-18)14(16)13(22,10(19)11(20)23-14)8-5-17-9-4-2-1-3-7(8)9/h1-5,10-11,17-22H,6H2/t10-,11+,12+,13+,14-/m0/s1. The van der Waals surface area contributed by atoms with Gasteiger partial charge in [0, 0.05) is 22.7 Å². The molecule has 1 fully saturated rings. The number of hydrogen-bond donors (Lipinski definition) is 6. The number of aromatic nitrogens is 1. The third-order valence-electron chi connectivity index (χ3n) is 4.17. The summed E-state index contributed by atoms with van der Waals surface area (Å²) >= 11 is 9.09. The van der Waals surface area contributed by atoms with E-state index in [4.69, 9.17) is 16.3 Å². The number of aliphatic hydroxyl groups is 5. The summed E-state index contributed by atoms with van der Waals surface area (Å²) in [4.78, 5) is 2.91. The minimum Gasteiger partial charge on any atom is -0.392 e. The van der Waals surface area contributed by atoms with Crippen molar-refractivity contribution in [2.75, 3.05) is 6.61 Å². The highest BCUT2D eigenvalue weighted by atomic mass is 79.9. The largest absolute Gasteiger partial charge is 0.392 e. The molecule has 1 aliphatic heterocycles. The van der Waals surface area contributed by atoms with Gasteiger partial charge in [-0.1, -0.05) is 29.8 Å². The second-order valence-electron chi connectivity index (χ2n) is 5.48. The predicted molar refractivity (Wildman–Crippen MR) is 84.8 cm³/mol. The minimum absolute atomic E-state index is 0.110. The molecule has 1 aromatic carbocycles. The van der Waals surface area contributed by atoms with E-state index >= 15 is 0 Å². The second kappa shape index (κ2) is 5.40. The molecule has 0 aliphatic carbocycles. The number of para-hydroxylation sites is 1. The van der Waals surface area contributed by atoms with Crippen LogP contribution in [0.3, 0.4) is 0 Å². The lowest BCUT2D eigenvalue weighted by atomic mass is 9.82. The molecule has 0 unspecified atom stereocenters. The number of fused-ring (bicyclic) bond motifs is 1. The number of benzene rings is 1. The van der Waals surface area contributed by atoms with Crippen LogP contribution >= 0.6 is 27.5 Å². The molecule has 3 rings (SSSR count). The SMILES string of the molecule is OC[C@](O)(Br)[C@]1(Cl)O[C@@H](O)[C@H](O)[C@]1(O)c1c[nH]c2ccccc12. The summed E-state index contributed by atoms with van der Waals surface area (Å²) in [6.45, 7) is -0.944. The molecule has 1 aromatic heterocycles. The van der Waals surface area contributed by atoms with Crippen LogP contribution in [0.4, 0.5) is 0 Å². The van der Waals surface area contributed by atoms with Gasteiger partial charge < -0.3 is 35.3 Å². The van der Waals surface area contributed by atoms with E-state index in [9.17, 15) is 25.5 Å². The number of nitrogens with one attached hydrogen (secondary N) is 1. The first-order valence-corrected chi connectivity index (χ1v) is 7.90. The highest BCUT2D eigenvalue weighted by Crippen LogP contribution is 2.57. The van der Waals surface area contributed by atoms with E-state index in [1.165, 1.54) is 6.20 Å². The Morgan fingerprint density at radius 1 is 1.35 bits per heavy atom. The zero-order chi connectivity index (χ0) is 17.0. The van der Waals surface area contributed by atoms with Crippen molar-refractivity contribution in [3.63, 3.8) is 0 Å². The van der Waals surface area contributed by atoms with Crippen LogP contribution in [0.5, 0.6) is 0 Å². The first-order valence-electron chi connectivity index (χ1n) is 6.73. The van der Waals surface area contributed by atoms with Crippen molar-refractivity contribution in [1.29, 1.82) is 0 Å². The summed E-state index contributed by atoms with van der Waals surface area (Å²) in [7, 11) is 0. The molecule has 0 saturated carbocycles. The molecule has 126 valence electrons. The molecular formula is C14H15BrClNO6. The third-order valence-corrected chi connectivity index (χ3v) is 5.90. The first-order chi connectivity index (χ1) is 10.7. The van der Waals surface area contributed by atoms with Crippen LogP contribution in [-0.4, -0.2) is 59.1 Å². The molecular weight excluding hydrogens is 394 g/mol. The third kappa shape index (κ3) is 2.11. The quantitative estimate of drug-likeness (QED) is 0.399. The summed E-state index contributed by atoms with van der Waals surface area (Å²) in [6, 6.07) is 6.89. The number of rotatable bonds is 3. The van der Waals surface area contributed by atoms with Gasteiger partial charge in [0.25, 0.3) is 0 Å². The Hall–Kier alpha value is -0.710. The van der Waals surface area contributed by atoms with Gasteiger partial charge in [0.15, 0.2) is 16.4 Å². The van der Waals surface area contributed by atoms with Crippen LogP contribution in [0.25, 0.3) is 10.9 Å². The molecule has 1 aliphatic rings. The van der Waals surface area contributed by atoms with Gasteiger partial charge in [-0.25, -0.2) is 0 Å². The van der Waals surface area contributed by atoms with Crippen molar-refractivity contribution >= 4 is 38.4 Å².